The highest BCUT2D eigenvalue weighted by Crippen LogP contribution is 2.14. The van der Waals surface area contributed by atoms with Crippen LogP contribution in [0.5, 0.6) is 0 Å². The number of rotatable bonds is 0. The Labute approximate surface area is 101 Å². The predicted octanol–water partition coefficient (Wildman–Crippen LogP) is 2.79. The normalized spacial score (nSPS) is 14.9. The van der Waals surface area contributed by atoms with Gasteiger partial charge in [-0.2, -0.15) is 0 Å². The lowest BCUT2D eigenvalue weighted by molar-refractivity contribution is -0.131. The van der Waals surface area contributed by atoms with E-state index in [-0.39, 0.29) is 11.8 Å². The molecule has 0 aromatic heterocycles. The number of halogens is 2. The molecule has 2 rings (SSSR count). The van der Waals surface area contributed by atoms with Crippen molar-refractivity contribution in [3.05, 3.63) is 35.4 Å². The summed E-state index contributed by atoms with van der Waals surface area (Å²) in [5.41, 5.74) is 0. The Balaban J connectivity index is 0.000000151. The number of amides is 2. The van der Waals surface area contributed by atoms with E-state index in [1.54, 1.807) is 0 Å². The molecular formula is C10H9BrClNO2. The minimum Gasteiger partial charge on any atom is -0.274 e. The fourth-order valence-electron chi connectivity index (χ4n) is 0.964. The molecule has 1 aromatic rings. The van der Waals surface area contributed by atoms with Crippen LogP contribution in [0.2, 0.25) is 5.02 Å². The lowest BCUT2D eigenvalue weighted by Gasteiger charge is -1.97. The number of benzene rings is 1. The topological polar surface area (TPSA) is 37.4 Å². The van der Waals surface area contributed by atoms with Crippen LogP contribution in [0.3, 0.4) is 0 Å². The number of hydrogen-bond donors (Lipinski definition) is 0. The fraction of sp³-hybridized carbons (Fsp3) is 0.200. The molecule has 1 aromatic carbocycles. The van der Waals surface area contributed by atoms with Crippen molar-refractivity contribution in [2.75, 3.05) is 0 Å². The van der Waals surface area contributed by atoms with Crippen molar-refractivity contribution in [2.45, 2.75) is 12.8 Å². The molecule has 80 valence electrons. The highest BCUT2D eigenvalue weighted by molar-refractivity contribution is 9.08. The highest BCUT2D eigenvalue weighted by Gasteiger charge is 2.26. The molecule has 1 aliphatic rings. The molecule has 1 fully saturated rings. The van der Waals surface area contributed by atoms with Gasteiger partial charge in [0, 0.05) is 17.9 Å². The fourth-order valence-corrected chi connectivity index (χ4v) is 1.46. The molecule has 0 unspecified atom stereocenters. The lowest BCUT2D eigenvalue weighted by Crippen LogP contribution is -2.16. The molecule has 15 heavy (non-hydrogen) atoms. The second-order valence-electron chi connectivity index (χ2n) is 2.86. The zero-order valence-electron chi connectivity index (χ0n) is 7.82. The van der Waals surface area contributed by atoms with Crippen LogP contribution in [0.4, 0.5) is 0 Å². The van der Waals surface area contributed by atoms with Crippen molar-refractivity contribution in [3.63, 3.8) is 0 Å². The van der Waals surface area contributed by atoms with Gasteiger partial charge < -0.3 is 0 Å². The Morgan fingerprint density at radius 1 is 1.07 bits per heavy atom. The second kappa shape index (κ2) is 5.88. The van der Waals surface area contributed by atoms with Crippen LogP contribution in [0.25, 0.3) is 0 Å². The molecule has 1 saturated heterocycles. The first-order valence-corrected chi connectivity index (χ1v) is 5.42. The van der Waals surface area contributed by atoms with Gasteiger partial charge >= 0.3 is 0 Å². The molecule has 0 saturated carbocycles. The summed E-state index contributed by atoms with van der Waals surface area (Å²) < 4.78 is 0.979. The number of nitrogens with zero attached hydrogens (tertiary/aromatic N) is 1. The SMILES string of the molecule is Clc1ccccc1.O=C1CCC(=O)N1Br. The molecule has 0 aliphatic carbocycles. The van der Waals surface area contributed by atoms with Gasteiger partial charge in [-0.15, -0.1) is 0 Å². The molecule has 1 heterocycles. The van der Waals surface area contributed by atoms with Gasteiger partial charge in [-0.25, -0.2) is 3.93 Å². The van der Waals surface area contributed by atoms with E-state index in [4.69, 9.17) is 11.6 Å². The second-order valence-corrected chi connectivity index (χ2v) is 4.01. The van der Waals surface area contributed by atoms with Gasteiger partial charge in [0.2, 0.25) is 11.8 Å². The molecule has 1 aliphatic heterocycles. The van der Waals surface area contributed by atoms with Crippen molar-refractivity contribution in [3.8, 4) is 0 Å². The summed E-state index contributed by atoms with van der Waals surface area (Å²) in [5, 5.41) is 0.794. The first-order chi connectivity index (χ1) is 7.11. The monoisotopic (exact) mass is 289 g/mol. The quantitative estimate of drug-likeness (QED) is 0.544. The number of hydrogen-bond acceptors (Lipinski definition) is 2. The van der Waals surface area contributed by atoms with Crippen molar-refractivity contribution < 1.29 is 9.59 Å². The van der Waals surface area contributed by atoms with Gasteiger partial charge in [0.05, 0.1) is 16.1 Å². The smallest absolute Gasteiger partial charge is 0.239 e. The van der Waals surface area contributed by atoms with Crippen molar-refractivity contribution >= 4 is 39.6 Å². The van der Waals surface area contributed by atoms with Crippen molar-refractivity contribution in [1.29, 1.82) is 0 Å². The summed E-state index contributed by atoms with van der Waals surface area (Å²) in [4.78, 5) is 20.9. The molecule has 0 spiro atoms. The highest BCUT2D eigenvalue weighted by atomic mass is 79.9. The van der Waals surface area contributed by atoms with Gasteiger partial charge in [-0.05, 0) is 12.1 Å². The van der Waals surface area contributed by atoms with Gasteiger partial charge in [0.15, 0.2) is 0 Å². The number of carbonyl (C=O) groups excluding carboxylic acids is 2. The van der Waals surface area contributed by atoms with E-state index in [0.29, 0.717) is 12.8 Å². The van der Waals surface area contributed by atoms with E-state index in [1.165, 1.54) is 0 Å². The van der Waals surface area contributed by atoms with Crippen LogP contribution in [0.1, 0.15) is 12.8 Å². The molecule has 0 N–H and O–H groups in total. The van der Waals surface area contributed by atoms with Crippen LogP contribution in [0, 0.1) is 0 Å². The molecule has 0 radical (unpaired) electrons. The lowest BCUT2D eigenvalue weighted by atomic mass is 10.4. The van der Waals surface area contributed by atoms with E-state index in [9.17, 15) is 9.59 Å². The van der Waals surface area contributed by atoms with E-state index < -0.39 is 0 Å². The number of carbonyl (C=O) groups is 2. The summed E-state index contributed by atoms with van der Waals surface area (Å²) in [6.45, 7) is 0. The van der Waals surface area contributed by atoms with Gasteiger partial charge in [-0.1, -0.05) is 29.8 Å². The summed E-state index contributed by atoms with van der Waals surface area (Å²) in [7, 11) is 0. The number of imide groups is 1. The third kappa shape index (κ3) is 4.01. The average Bonchev–Trinajstić information content (AvgIpc) is 2.52. The minimum absolute atomic E-state index is 0.144. The third-order valence-corrected chi connectivity index (χ3v) is 2.77. The van der Waals surface area contributed by atoms with Gasteiger partial charge in [0.25, 0.3) is 0 Å². The molecule has 5 heteroatoms. The molecule has 2 amide bonds. The summed E-state index contributed by atoms with van der Waals surface area (Å²) in [6.07, 6.45) is 0.703. The Hall–Kier alpha value is -0.870. The maximum atomic E-state index is 10.4. The maximum Gasteiger partial charge on any atom is 0.239 e. The molecular weight excluding hydrogens is 281 g/mol. The molecule has 3 nitrogen and oxygen atoms in total. The van der Waals surface area contributed by atoms with Crippen LogP contribution in [-0.4, -0.2) is 15.7 Å². The Morgan fingerprint density at radius 2 is 1.53 bits per heavy atom. The minimum atomic E-state index is -0.144. The van der Waals surface area contributed by atoms with Gasteiger partial charge in [-0.3, -0.25) is 9.59 Å². The predicted molar refractivity (Wildman–Crippen MR) is 61.5 cm³/mol. The first kappa shape index (κ1) is 12.2. The van der Waals surface area contributed by atoms with E-state index in [2.05, 4.69) is 16.1 Å². The molecule has 0 bridgehead atoms. The Bertz CT molecular complexity index is 340. The van der Waals surface area contributed by atoms with E-state index in [0.717, 1.165) is 8.95 Å². The largest absolute Gasteiger partial charge is 0.274 e. The van der Waals surface area contributed by atoms with Crippen molar-refractivity contribution in [1.82, 2.24) is 3.93 Å². The summed E-state index contributed by atoms with van der Waals surface area (Å²) in [5.74, 6) is -0.287. The van der Waals surface area contributed by atoms with Crippen LogP contribution >= 0.6 is 27.7 Å². The van der Waals surface area contributed by atoms with Crippen LogP contribution in [0.15, 0.2) is 30.3 Å². The standard InChI is InChI=1S/C6H5Cl.C4H4BrNO2/c7-6-4-2-1-3-5-6;5-6-3(7)1-2-4(6)8/h1-5H;1-2H2. The zero-order chi connectivity index (χ0) is 11.3. The van der Waals surface area contributed by atoms with Gasteiger partial charge in [0.1, 0.15) is 0 Å². The average molecular weight is 291 g/mol. The van der Waals surface area contributed by atoms with E-state index >= 15 is 0 Å². The Morgan fingerprint density at radius 3 is 1.73 bits per heavy atom. The van der Waals surface area contributed by atoms with E-state index in [1.807, 2.05) is 30.3 Å². The van der Waals surface area contributed by atoms with Crippen LogP contribution < -0.4 is 0 Å². The third-order valence-electron chi connectivity index (χ3n) is 1.72. The van der Waals surface area contributed by atoms with Crippen LogP contribution in [-0.2, 0) is 9.59 Å². The molecule has 0 atom stereocenters. The zero-order valence-corrected chi connectivity index (χ0v) is 10.2. The first-order valence-electron chi connectivity index (χ1n) is 4.33. The Kier molecular flexibility index (Phi) is 4.78. The van der Waals surface area contributed by atoms with Crippen molar-refractivity contribution in [2.24, 2.45) is 0 Å². The summed E-state index contributed by atoms with van der Waals surface area (Å²) in [6, 6.07) is 9.44. The summed E-state index contributed by atoms with van der Waals surface area (Å²) >= 11 is 8.34. The maximum absolute atomic E-state index is 10.4.